The van der Waals surface area contributed by atoms with Crippen LogP contribution in [-0.2, 0) is 0 Å². The molecule has 3 N–H and O–H groups in total. The molecule has 0 aliphatic carbocycles. The molecule has 0 saturated heterocycles. The summed E-state index contributed by atoms with van der Waals surface area (Å²) < 4.78 is 0. The summed E-state index contributed by atoms with van der Waals surface area (Å²) in [6, 6.07) is 8.12. The predicted octanol–water partition coefficient (Wildman–Crippen LogP) is 3.04. The number of aromatic nitrogens is 1. The number of nitrogens with two attached hydrogens (primary N) is 1. The number of nitrogens with zero attached hydrogens (tertiary/aromatic N) is 2. The number of nitro benzene ring substituents is 1. The van der Waals surface area contributed by atoms with E-state index < -0.39 is 4.92 Å². The fraction of sp³-hybridized carbons (Fsp3) is 0.143. The molecule has 2 rings (SSSR count). The highest BCUT2D eigenvalue weighted by atomic mass is 32.2. The van der Waals surface area contributed by atoms with Gasteiger partial charge in [0, 0.05) is 33.3 Å². The van der Waals surface area contributed by atoms with Crippen molar-refractivity contribution in [1.29, 1.82) is 5.41 Å². The van der Waals surface area contributed by atoms with Crippen LogP contribution in [0.5, 0.6) is 0 Å². The molecule has 1 aromatic heterocycles. The highest BCUT2D eigenvalue weighted by Gasteiger charge is 2.13. The Balaban J connectivity index is 2.39. The maximum Gasteiger partial charge on any atom is 0.269 e. The van der Waals surface area contributed by atoms with Gasteiger partial charge in [0.1, 0.15) is 5.84 Å². The van der Waals surface area contributed by atoms with Crippen LogP contribution in [0.25, 0.3) is 0 Å². The van der Waals surface area contributed by atoms with Crippen LogP contribution in [0.4, 0.5) is 5.69 Å². The molecule has 0 unspecified atom stereocenters. The highest BCUT2D eigenvalue weighted by Crippen LogP contribution is 2.32. The van der Waals surface area contributed by atoms with Crippen LogP contribution < -0.4 is 5.73 Å². The van der Waals surface area contributed by atoms with Crippen molar-refractivity contribution < 1.29 is 4.92 Å². The van der Waals surface area contributed by atoms with Crippen LogP contribution in [0, 0.1) is 29.4 Å². The quantitative estimate of drug-likeness (QED) is 0.391. The van der Waals surface area contributed by atoms with Crippen LogP contribution in [0.1, 0.15) is 17.0 Å². The summed E-state index contributed by atoms with van der Waals surface area (Å²) in [4.78, 5) is 16.2. The van der Waals surface area contributed by atoms with E-state index in [1.54, 1.807) is 12.1 Å². The van der Waals surface area contributed by atoms with Crippen molar-refractivity contribution in [3.63, 3.8) is 0 Å². The van der Waals surface area contributed by atoms with Crippen molar-refractivity contribution in [2.24, 2.45) is 5.73 Å². The Morgan fingerprint density at radius 1 is 1.33 bits per heavy atom. The Morgan fingerprint density at radius 2 is 1.95 bits per heavy atom. The van der Waals surface area contributed by atoms with Crippen LogP contribution in [-0.4, -0.2) is 15.7 Å². The number of hydrogen-bond acceptors (Lipinski definition) is 5. The number of non-ortho nitro benzene ring substituents is 1. The number of nitrogen functional groups attached to an aromatic ring is 1. The molecule has 6 nitrogen and oxygen atoms in total. The molecular weight excluding hydrogens is 288 g/mol. The van der Waals surface area contributed by atoms with Crippen LogP contribution in [0.2, 0.25) is 0 Å². The third kappa shape index (κ3) is 3.38. The van der Waals surface area contributed by atoms with E-state index in [4.69, 9.17) is 11.1 Å². The molecule has 108 valence electrons. The minimum Gasteiger partial charge on any atom is -0.384 e. The monoisotopic (exact) mass is 302 g/mol. The number of nitro groups is 1. The normalized spacial score (nSPS) is 10.4. The number of amidine groups is 1. The topological polar surface area (TPSA) is 106 Å². The van der Waals surface area contributed by atoms with Gasteiger partial charge in [0.25, 0.3) is 5.69 Å². The van der Waals surface area contributed by atoms with Gasteiger partial charge in [-0.1, -0.05) is 11.8 Å². The van der Waals surface area contributed by atoms with Gasteiger partial charge in [-0.15, -0.1) is 0 Å². The molecule has 2 aromatic rings. The van der Waals surface area contributed by atoms with E-state index in [1.165, 1.54) is 23.9 Å². The largest absolute Gasteiger partial charge is 0.384 e. The summed E-state index contributed by atoms with van der Waals surface area (Å²) >= 11 is 1.41. The number of benzene rings is 1. The molecule has 1 heterocycles. The maximum atomic E-state index is 10.6. The predicted molar refractivity (Wildman–Crippen MR) is 81.9 cm³/mol. The average molecular weight is 302 g/mol. The highest BCUT2D eigenvalue weighted by molar-refractivity contribution is 7.99. The third-order valence-electron chi connectivity index (χ3n) is 2.84. The zero-order valence-electron chi connectivity index (χ0n) is 11.6. The SMILES string of the molecule is Cc1cc(Sc2ccc([N+](=O)[O-])cc2)c(C(=N)N)c(C)n1. The molecule has 0 atom stereocenters. The summed E-state index contributed by atoms with van der Waals surface area (Å²) in [7, 11) is 0. The molecule has 0 fully saturated rings. The Morgan fingerprint density at radius 3 is 2.48 bits per heavy atom. The Kier molecular flexibility index (Phi) is 4.23. The minimum absolute atomic E-state index is 0.0376. The van der Waals surface area contributed by atoms with E-state index in [0.717, 1.165) is 15.5 Å². The van der Waals surface area contributed by atoms with E-state index in [0.29, 0.717) is 11.3 Å². The van der Waals surface area contributed by atoms with E-state index in [2.05, 4.69) is 4.98 Å². The summed E-state index contributed by atoms with van der Waals surface area (Å²) in [5, 5.41) is 18.3. The average Bonchev–Trinajstić information content (AvgIpc) is 2.37. The van der Waals surface area contributed by atoms with E-state index >= 15 is 0 Å². The lowest BCUT2D eigenvalue weighted by atomic mass is 10.1. The fourth-order valence-corrected chi connectivity index (χ4v) is 3.08. The molecule has 0 spiro atoms. The molecule has 0 bridgehead atoms. The zero-order chi connectivity index (χ0) is 15.6. The first-order valence-corrected chi connectivity index (χ1v) is 6.95. The van der Waals surface area contributed by atoms with Crippen molar-refractivity contribution in [2.75, 3.05) is 0 Å². The number of rotatable bonds is 4. The van der Waals surface area contributed by atoms with E-state index in [1.807, 2.05) is 19.9 Å². The third-order valence-corrected chi connectivity index (χ3v) is 3.89. The Bertz CT molecular complexity index is 714. The molecule has 21 heavy (non-hydrogen) atoms. The van der Waals surface area contributed by atoms with Crippen molar-refractivity contribution in [3.05, 3.63) is 57.4 Å². The molecule has 0 amide bonds. The molecule has 0 saturated carbocycles. The first-order chi connectivity index (χ1) is 9.88. The Labute approximate surface area is 126 Å². The van der Waals surface area contributed by atoms with Gasteiger partial charge in [-0.3, -0.25) is 20.5 Å². The summed E-state index contributed by atoms with van der Waals surface area (Å²) in [6.07, 6.45) is 0. The zero-order valence-corrected chi connectivity index (χ0v) is 12.4. The van der Waals surface area contributed by atoms with Crippen molar-refractivity contribution in [2.45, 2.75) is 23.6 Å². The van der Waals surface area contributed by atoms with Gasteiger partial charge in [-0.25, -0.2) is 0 Å². The second-order valence-electron chi connectivity index (χ2n) is 4.49. The summed E-state index contributed by atoms with van der Waals surface area (Å²) in [6.45, 7) is 3.68. The van der Waals surface area contributed by atoms with Gasteiger partial charge in [0.05, 0.1) is 10.5 Å². The number of pyridine rings is 1. The van der Waals surface area contributed by atoms with Gasteiger partial charge < -0.3 is 5.73 Å². The lowest BCUT2D eigenvalue weighted by Crippen LogP contribution is -2.15. The molecule has 0 aliphatic rings. The molecule has 0 aliphatic heterocycles. The fourth-order valence-electron chi connectivity index (χ4n) is 1.96. The van der Waals surface area contributed by atoms with Gasteiger partial charge in [-0.05, 0) is 32.0 Å². The van der Waals surface area contributed by atoms with Gasteiger partial charge >= 0.3 is 0 Å². The van der Waals surface area contributed by atoms with Crippen LogP contribution >= 0.6 is 11.8 Å². The maximum absolute atomic E-state index is 10.6. The molecule has 1 aromatic carbocycles. The van der Waals surface area contributed by atoms with Gasteiger partial charge in [0.15, 0.2) is 0 Å². The molecule has 0 radical (unpaired) electrons. The van der Waals surface area contributed by atoms with Gasteiger partial charge in [-0.2, -0.15) is 0 Å². The second-order valence-corrected chi connectivity index (χ2v) is 5.60. The minimum atomic E-state index is -0.434. The summed E-state index contributed by atoms with van der Waals surface area (Å²) in [5.74, 6) is -0.0376. The smallest absolute Gasteiger partial charge is 0.269 e. The van der Waals surface area contributed by atoms with Crippen molar-refractivity contribution in [1.82, 2.24) is 4.98 Å². The first-order valence-electron chi connectivity index (χ1n) is 6.13. The van der Waals surface area contributed by atoms with Crippen molar-refractivity contribution >= 4 is 23.3 Å². The number of aryl methyl sites for hydroxylation is 2. The van der Waals surface area contributed by atoms with E-state index in [-0.39, 0.29) is 11.5 Å². The van der Waals surface area contributed by atoms with Crippen molar-refractivity contribution in [3.8, 4) is 0 Å². The van der Waals surface area contributed by atoms with Crippen LogP contribution in [0.3, 0.4) is 0 Å². The van der Waals surface area contributed by atoms with E-state index in [9.17, 15) is 10.1 Å². The summed E-state index contributed by atoms with van der Waals surface area (Å²) in [5.41, 5.74) is 7.81. The lowest BCUT2D eigenvalue weighted by molar-refractivity contribution is -0.384. The molecule has 7 heteroatoms. The van der Waals surface area contributed by atoms with Gasteiger partial charge in [0.2, 0.25) is 0 Å². The number of hydrogen-bond donors (Lipinski definition) is 2. The second kappa shape index (κ2) is 5.92. The number of nitrogens with one attached hydrogen (secondary N) is 1. The Hall–Kier alpha value is -2.41. The lowest BCUT2D eigenvalue weighted by Gasteiger charge is -2.11. The first kappa shape index (κ1) is 15.0. The van der Waals surface area contributed by atoms with Crippen LogP contribution in [0.15, 0.2) is 40.1 Å². The standard InChI is InChI=1S/C14H14N4O2S/c1-8-7-12(13(14(15)16)9(2)17-8)21-11-5-3-10(4-6-11)18(19)20/h3-7H,1-2H3,(H3,15,16). The molecular formula is C14H14N4O2S.